The van der Waals surface area contributed by atoms with E-state index in [1.54, 1.807) is 0 Å². The highest BCUT2D eigenvalue weighted by atomic mass is 127. The lowest BCUT2D eigenvalue weighted by atomic mass is 10.0. The Morgan fingerprint density at radius 1 is 0.944 bits per heavy atom. The highest BCUT2D eigenvalue weighted by Gasteiger charge is 2.04. The van der Waals surface area contributed by atoms with Crippen LogP contribution in [0.4, 0.5) is 0 Å². The van der Waals surface area contributed by atoms with Crippen molar-refractivity contribution in [3.8, 4) is 11.1 Å². The van der Waals surface area contributed by atoms with E-state index in [0.29, 0.717) is 6.42 Å². The van der Waals surface area contributed by atoms with E-state index in [-0.39, 0.29) is 5.78 Å². The minimum atomic E-state index is 0.228. The molecule has 0 aliphatic rings. The number of halogens is 1. The van der Waals surface area contributed by atoms with E-state index >= 15 is 0 Å². The summed E-state index contributed by atoms with van der Waals surface area (Å²) in [6.45, 7) is 2.03. The fourth-order valence-corrected chi connectivity index (χ4v) is 2.22. The summed E-state index contributed by atoms with van der Waals surface area (Å²) in [7, 11) is 0. The van der Waals surface area contributed by atoms with Crippen molar-refractivity contribution < 1.29 is 4.79 Å². The number of hydrogen-bond donors (Lipinski definition) is 0. The van der Waals surface area contributed by atoms with E-state index in [2.05, 4.69) is 46.9 Å². The Morgan fingerprint density at radius 2 is 1.44 bits per heavy atom. The average Bonchev–Trinajstić information content (AvgIpc) is 2.40. The summed E-state index contributed by atoms with van der Waals surface area (Å²) in [4.78, 5) is 11.7. The van der Waals surface area contributed by atoms with Crippen molar-refractivity contribution in [2.24, 2.45) is 0 Å². The van der Waals surface area contributed by atoms with Gasteiger partial charge in [0.05, 0.1) is 0 Å². The molecule has 0 bridgehead atoms. The Hall–Kier alpha value is -1.16. The lowest BCUT2D eigenvalue weighted by Gasteiger charge is -2.04. The number of carbonyl (C=O) groups excluding carboxylic acids is 1. The molecule has 0 unspecified atom stereocenters. The van der Waals surface area contributed by atoms with Crippen LogP contribution in [0.3, 0.4) is 0 Å². The summed E-state index contributed by atoms with van der Waals surface area (Å²) >= 11 is 2.29. The van der Waals surface area contributed by atoms with Gasteiger partial charge < -0.3 is 0 Å². The van der Waals surface area contributed by atoms with Crippen LogP contribution < -0.4 is 0 Å². The molecular formula is C16H15IO. The first-order valence-electron chi connectivity index (χ1n) is 6.10. The molecule has 92 valence electrons. The zero-order chi connectivity index (χ0) is 13.0. The molecule has 1 nitrogen and oxygen atoms in total. The third kappa shape index (κ3) is 3.19. The normalized spacial score (nSPS) is 10.3. The first-order valence-corrected chi connectivity index (χ1v) is 7.18. The molecule has 0 N–H and O–H groups in total. The standard InChI is InChI=1S/C16H15IO/c1-2-3-16(18)14-6-4-12(5-7-14)13-8-10-15(17)11-9-13/h4-11H,2-3H2,1H3. The number of benzene rings is 2. The van der Waals surface area contributed by atoms with Gasteiger partial charge in [0.25, 0.3) is 0 Å². The molecule has 0 fully saturated rings. The van der Waals surface area contributed by atoms with Crippen LogP contribution in [0.2, 0.25) is 0 Å². The molecule has 0 spiro atoms. The van der Waals surface area contributed by atoms with Gasteiger partial charge in [-0.1, -0.05) is 43.3 Å². The van der Waals surface area contributed by atoms with E-state index in [1.165, 1.54) is 9.13 Å². The van der Waals surface area contributed by atoms with Crippen LogP contribution in [0.5, 0.6) is 0 Å². The maximum atomic E-state index is 11.7. The van der Waals surface area contributed by atoms with Crippen molar-refractivity contribution in [3.05, 3.63) is 57.7 Å². The molecule has 0 amide bonds. The maximum absolute atomic E-state index is 11.7. The van der Waals surface area contributed by atoms with E-state index in [1.807, 2.05) is 31.2 Å². The van der Waals surface area contributed by atoms with Crippen LogP contribution in [0.1, 0.15) is 30.1 Å². The summed E-state index contributed by atoms with van der Waals surface area (Å²) in [6.07, 6.45) is 1.53. The summed E-state index contributed by atoms with van der Waals surface area (Å²) in [5, 5.41) is 0. The second kappa shape index (κ2) is 6.14. The topological polar surface area (TPSA) is 17.1 Å². The molecular weight excluding hydrogens is 335 g/mol. The van der Waals surface area contributed by atoms with Crippen molar-refractivity contribution in [1.29, 1.82) is 0 Å². The zero-order valence-corrected chi connectivity index (χ0v) is 12.5. The quantitative estimate of drug-likeness (QED) is 0.564. The van der Waals surface area contributed by atoms with Gasteiger partial charge in [-0.2, -0.15) is 0 Å². The highest BCUT2D eigenvalue weighted by Crippen LogP contribution is 2.21. The fraction of sp³-hybridized carbons (Fsp3) is 0.188. The molecule has 2 aromatic carbocycles. The molecule has 0 aliphatic carbocycles. The average molecular weight is 350 g/mol. The number of Topliss-reactive ketones (excluding diaryl/α,β-unsaturated/α-hetero) is 1. The molecule has 0 saturated heterocycles. The monoisotopic (exact) mass is 350 g/mol. The summed E-state index contributed by atoms with van der Waals surface area (Å²) in [6, 6.07) is 16.3. The number of hydrogen-bond acceptors (Lipinski definition) is 1. The fourth-order valence-electron chi connectivity index (χ4n) is 1.86. The third-order valence-corrected chi connectivity index (χ3v) is 3.58. The maximum Gasteiger partial charge on any atom is 0.162 e. The van der Waals surface area contributed by atoms with E-state index in [0.717, 1.165) is 17.5 Å². The second-order valence-corrected chi connectivity index (χ2v) is 5.50. The summed E-state index contributed by atoms with van der Waals surface area (Å²) in [5.74, 6) is 0.228. The largest absolute Gasteiger partial charge is 0.294 e. The third-order valence-electron chi connectivity index (χ3n) is 2.86. The molecule has 18 heavy (non-hydrogen) atoms. The van der Waals surface area contributed by atoms with Gasteiger partial charge in [0.2, 0.25) is 0 Å². The van der Waals surface area contributed by atoms with Gasteiger partial charge >= 0.3 is 0 Å². The first-order chi connectivity index (χ1) is 8.70. The van der Waals surface area contributed by atoms with Gasteiger partial charge in [0, 0.05) is 15.6 Å². The molecule has 0 radical (unpaired) electrons. The first kappa shape index (κ1) is 13.3. The van der Waals surface area contributed by atoms with Crippen molar-refractivity contribution in [2.45, 2.75) is 19.8 Å². The Morgan fingerprint density at radius 3 is 1.94 bits per heavy atom. The van der Waals surface area contributed by atoms with Gasteiger partial charge in [-0.25, -0.2) is 0 Å². The molecule has 0 heterocycles. The van der Waals surface area contributed by atoms with Crippen molar-refractivity contribution >= 4 is 28.4 Å². The van der Waals surface area contributed by atoms with Gasteiger partial charge in [-0.15, -0.1) is 0 Å². The number of ketones is 1. The molecule has 0 aliphatic heterocycles. The number of carbonyl (C=O) groups is 1. The van der Waals surface area contributed by atoms with Crippen LogP contribution in [0.25, 0.3) is 11.1 Å². The van der Waals surface area contributed by atoms with Crippen LogP contribution in [-0.4, -0.2) is 5.78 Å². The lowest BCUT2D eigenvalue weighted by molar-refractivity contribution is 0.0982. The molecule has 2 aromatic rings. The molecule has 0 aromatic heterocycles. The molecule has 2 rings (SSSR count). The van der Waals surface area contributed by atoms with Gasteiger partial charge in [-0.05, 0) is 52.3 Å². The Labute approximate surface area is 121 Å². The van der Waals surface area contributed by atoms with Crippen LogP contribution >= 0.6 is 22.6 Å². The van der Waals surface area contributed by atoms with Crippen LogP contribution in [-0.2, 0) is 0 Å². The van der Waals surface area contributed by atoms with E-state index in [4.69, 9.17) is 0 Å². The zero-order valence-electron chi connectivity index (χ0n) is 10.3. The van der Waals surface area contributed by atoms with Crippen molar-refractivity contribution in [1.82, 2.24) is 0 Å². The molecule has 0 atom stereocenters. The smallest absolute Gasteiger partial charge is 0.162 e. The minimum Gasteiger partial charge on any atom is -0.294 e. The van der Waals surface area contributed by atoms with Crippen LogP contribution in [0, 0.1) is 3.57 Å². The van der Waals surface area contributed by atoms with Crippen LogP contribution in [0.15, 0.2) is 48.5 Å². The van der Waals surface area contributed by atoms with Crippen molar-refractivity contribution in [3.63, 3.8) is 0 Å². The SMILES string of the molecule is CCCC(=O)c1ccc(-c2ccc(I)cc2)cc1. The second-order valence-electron chi connectivity index (χ2n) is 4.26. The lowest BCUT2D eigenvalue weighted by Crippen LogP contribution is -1.97. The Kier molecular flexibility index (Phi) is 4.53. The van der Waals surface area contributed by atoms with Crippen molar-refractivity contribution in [2.75, 3.05) is 0 Å². The van der Waals surface area contributed by atoms with Gasteiger partial charge in [0.15, 0.2) is 5.78 Å². The van der Waals surface area contributed by atoms with Gasteiger partial charge in [-0.3, -0.25) is 4.79 Å². The molecule has 0 saturated carbocycles. The van der Waals surface area contributed by atoms with E-state index < -0.39 is 0 Å². The summed E-state index contributed by atoms with van der Waals surface area (Å²) < 4.78 is 1.23. The predicted molar refractivity (Wildman–Crippen MR) is 83.8 cm³/mol. The molecule has 2 heteroatoms. The number of rotatable bonds is 4. The van der Waals surface area contributed by atoms with E-state index in [9.17, 15) is 4.79 Å². The predicted octanol–water partition coefficient (Wildman–Crippen LogP) is 4.94. The Balaban J connectivity index is 2.22. The highest BCUT2D eigenvalue weighted by molar-refractivity contribution is 14.1. The minimum absolute atomic E-state index is 0.228. The van der Waals surface area contributed by atoms with Gasteiger partial charge in [0.1, 0.15) is 0 Å². The Bertz CT molecular complexity index is 526. The summed E-state index contributed by atoms with van der Waals surface area (Å²) in [5.41, 5.74) is 3.15.